The fraction of sp³-hybridized carbons (Fsp3) is 0.500. The lowest BCUT2D eigenvalue weighted by Crippen LogP contribution is -2.53. The molecule has 0 saturated heterocycles. The van der Waals surface area contributed by atoms with E-state index in [0.717, 1.165) is 24.2 Å². The van der Waals surface area contributed by atoms with Gasteiger partial charge in [0.2, 0.25) is 17.7 Å². The third-order valence-corrected chi connectivity index (χ3v) is 4.05. The predicted octanol–water partition coefficient (Wildman–Crippen LogP) is -1.72. The zero-order valence-corrected chi connectivity index (χ0v) is 15.3. The molecule has 1 aromatic carbocycles. The number of amides is 3. The van der Waals surface area contributed by atoms with E-state index >= 15 is 0 Å². The number of hydrogen-bond donors (Lipinski definition) is 5. The highest BCUT2D eigenvalue weighted by molar-refractivity contribution is 5.90. The van der Waals surface area contributed by atoms with E-state index in [2.05, 4.69) is 21.3 Å². The van der Waals surface area contributed by atoms with Gasteiger partial charge in [0.25, 0.3) is 0 Å². The Hall–Kier alpha value is -2.65. The van der Waals surface area contributed by atoms with E-state index in [9.17, 15) is 14.4 Å². The van der Waals surface area contributed by atoms with Crippen molar-refractivity contribution in [1.29, 1.82) is 0 Å². The van der Waals surface area contributed by atoms with Crippen LogP contribution in [-0.4, -0.2) is 63.1 Å². The zero-order chi connectivity index (χ0) is 19.5. The average Bonchev–Trinajstić information content (AvgIpc) is 2.67. The van der Waals surface area contributed by atoms with Gasteiger partial charge >= 0.3 is 0 Å². The van der Waals surface area contributed by atoms with Crippen molar-refractivity contribution in [3.63, 3.8) is 0 Å². The van der Waals surface area contributed by atoms with E-state index in [0.29, 0.717) is 19.7 Å². The maximum atomic E-state index is 12.2. The summed E-state index contributed by atoms with van der Waals surface area (Å²) in [5.74, 6) is -0.333. The summed E-state index contributed by atoms with van der Waals surface area (Å²) in [4.78, 5) is 35.8. The van der Waals surface area contributed by atoms with Gasteiger partial charge in [0.05, 0.1) is 13.1 Å². The highest BCUT2D eigenvalue weighted by Gasteiger charge is 2.19. The molecule has 0 aromatic heterocycles. The van der Waals surface area contributed by atoms with Crippen LogP contribution >= 0.6 is 0 Å². The molecule has 0 spiro atoms. The lowest BCUT2D eigenvalue weighted by Gasteiger charge is -2.17. The third-order valence-electron chi connectivity index (χ3n) is 4.05. The topological polar surface area (TPSA) is 135 Å². The molecule has 2 rings (SSSR count). The van der Waals surface area contributed by atoms with Gasteiger partial charge in [0, 0.05) is 19.6 Å². The first kappa shape index (κ1) is 20.7. The number of fused-ring (bicyclic) bond motifs is 1. The minimum absolute atomic E-state index is 0.0241. The van der Waals surface area contributed by atoms with Gasteiger partial charge < -0.3 is 31.7 Å². The summed E-state index contributed by atoms with van der Waals surface area (Å²) in [5, 5.41) is 10.7. The molecule has 0 fully saturated rings. The van der Waals surface area contributed by atoms with Crippen LogP contribution in [0.2, 0.25) is 0 Å². The Labute approximate surface area is 158 Å². The maximum Gasteiger partial charge on any atom is 0.243 e. The van der Waals surface area contributed by atoms with Gasteiger partial charge in [-0.1, -0.05) is 18.2 Å². The SMILES string of the molecule is NCC1NC(=O)CNC(=O)CNCCOc2ccccc2CCCNC1=O. The van der Waals surface area contributed by atoms with E-state index in [4.69, 9.17) is 10.5 Å². The highest BCUT2D eigenvalue weighted by atomic mass is 16.5. The second kappa shape index (κ2) is 11.1. The highest BCUT2D eigenvalue weighted by Crippen LogP contribution is 2.19. The van der Waals surface area contributed by atoms with Crippen molar-refractivity contribution >= 4 is 17.7 Å². The Morgan fingerprint density at radius 1 is 1.04 bits per heavy atom. The van der Waals surface area contributed by atoms with Crippen LogP contribution < -0.4 is 31.7 Å². The molecule has 9 heteroatoms. The molecule has 1 unspecified atom stereocenters. The van der Waals surface area contributed by atoms with Crippen molar-refractivity contribution in [3.05, 3.63) is 29.8 Å². The zero-order valence-electron chi connectivity index (χ0n) is 15.3. The van der Waals surface area contributed by atoms with Crippen LogP contribution in [0.4, 0.5) is 0 Å². The fourth-order valence-electron chi connectivity index (χ4n) is 2.62. The average molecular weight is 377 g/mol. The molecule has 1 aliphatic heterocycles. The predicted molar refractivity (Wildman–Crippen MR) is 100 cm³/mol. The first-order valence-corrected chi connectivity index (χ1v) is 9.05. The van der Waals surface area contributed by atoms with E-state index < -0.39 is 11.9 Å². The van der Waals surface area contributed by atoms with Crippen molar-refractivity contribution in [1.82, 2.24) is 21.3 Å². The van der Waals surface area contributed by atoms with Crippen molar-refractivity contribution in [2.45, 2.75) is 18.9 Å². The van der Waals surface area contributed by atoms with Gasteiger partial charge in [-0.3, -0.25) is 14.4 Å². The number of nitrogens with one attached hydrogen (secondary N) is 4. The van der Waals surface area contributed by atoms with Crippen LogP contribution in [0.15, 0.2) is 24.3 Å². The second-order valence-electron chi connectivity index (χ2n) is 6.16. The Balaban J connectivity index is 2.00. The standard InChI is InChI=1S/C18H27N5O4/c19-10-14-18(26)21-7-3-5-13-4-1-2-6-15(13)27-9-8-20-11-16(24)22-12-17(25)23-14/h1-2,4,6,14,20H,3,5,7-12,19H2,(H,21,26)(H,22,24)(H,23,25). The summed E-state index contributed by atoms with van der Waals surface area (Å²) in [6, 6.07) is 6.90. The summed E-state index contributed by atoms with van der Waals surface area (Å²) in [6.07, 6.45) is 1.47. The van der Waals surface area contributed by atoms with Gasteiger partial charge in [0.1, 0.15) is 18.4 Å². The molecule has 1 atom stereocenters. The molecule has 1 aliphatic rings. The Morgan fingerprint density at radius 2 is 1.85 bits per heavy atom. The monoisotopic (exact) mass is 377 g/mol. The molecule has 0 saturated carbocycles. The van der Waals surface area contributed by atoms with Crippen molar-refractivity contribution in [2.75, 3.05) is 39.3 Å². The molecule has 9 nitrogen and oxygen atoms in total. The number of benzene rings is 1. The molecule has 0 aliphatic carbocycles. The lowest BCUT2D eigenvalue weighted by atomic mass is 10.1. The number of carbonyl (C=O) groups excluding carboxylic acids is 3. The van der Waals surface area contributed by atoms with Gasteiger partial charge in [-0.05, 0) is 24.5 Å². The molecule has 3 amide bonds. The lowest BCUT2D eigenvalue weighted by molar-refractivity contribution is -0.129. The van der Waals surface area contributed by atoms with Crippen LogP contribution in [0.25, 0.3) is 0 Å². The third kappa shape index (κ3) is 7.24. The Bertz CT molecular complexity index is 652. The maximum absolute atomic E-state index is 12.2. The van der Waals surface area contributed by atoms with Crippen LogP contribution in [0, 0.1) is 0 Å². The first-order valence-electron chi connectivity index (χ1n) is 9.05. The smallest absolute Gasteiger partial charge is 0.243 e. The van der Waals surface area contributed by atoms with Crippen molar-refractivity contribution < 1.29 is 19.1 Å². The number of rotatable bonds is 1. The second-order valence-corrected chi connectivity index (χ2v) is 6.16. The van der Waals surface area contributed by atoms with Crippen LogP contribution in [0.3, 0.4) is 0 Å². The number of ether oxygens (including phenoxy) is 1. The molecule has 0 radical (unpaired) electrons. The summed E-state index contributed by atoms with van der Waals surface area (Å²) >= 11 is 0. The molecule has 1 aromatic rings. The molecule has 27 heavy (non-hydrogen) atoms. The molecule has 148 valence electrons. The van der Waals surface area contributed by atoms with Crippen LogP contribution in [0.5, 0.6) is 5.75 Å². The van der Waals surface area contributed by atoms with Gasteiger partial charge in [-0.25, -0.2) is 0 Å². The number of para-hydroxylation sites is 1. The summed E-state index contributed by atoms with van der Waals surface area (Å²) in [7, 11) is 0. The van der Waals surface area contributed by atoms with E-state index in [1.165, 1.54) is 0 Å². The minimum Gasteiger partial charge on any atom is -0.492 e. The minimum atomic E-state index is -0.831. The summed E-state index contributed by atoms with van der Waals surface area (Å²) in [5.41, 5.74) is 6.63. The number of hydrogen-bond acceptors (Lipinski definition) is 6. The van der Waals surface area contributed by atoms with Crippen molar-refractivity contribution in [3.8, 4) is 5.75 Å². The molecule has 6 N–H and O–H groups in total. The normalized spacial score (nSPS) is 20.8. The fourth-order valence-corrected chi connectivity index (χ4v) is 2.62. The quantitative estimate of drug-likeness (QED) is 0.395. The van der Waals surface area contributed by atoms with E-state index in [-0.39, 0.29) is 31.4 Å². The van der Waals surface area contributed by atoms with Crippen LogP contribution in [0.1, 0.15) is 12.0 Å². The molecule has 1 heterocycles. The summed E-state index contributed by atoms with van der Waals surface area (Å²) < 4.78 is 5.78. The first-order chi connectivity index (χ1) is 13.1. The van der Waals surface area contributed by atoms with Gasteiger partial charge in [-0.15, -0.1) is 0 Å². The Morgan fingerprint density at radius 3 is 2.67 bits per heavy atom. The largest absolute Gasteiger partial charge is 0.492 e. The molecule has 0 bridgehead atoms. The van der Waals surface area contributed by atoms with E-state index in [1.807, 2.05) is 24.3 Å². The number of nitrogens with two attached hydrogens (primary N) is 1. The van der Waals surface area contributed by atoms with E-state index in [1.54, 1.807) is 0 Å². The Kier molecular flexibility index (Phi) is 8.53. The summed E-state index contributed by atoms with van der Waals surface area (Å²) in [6.45, 7) is 1.20. The molecular weight excluding hydrogens is 350 g/mol. The van der Waals surface area contributed by atoms with Crippen LogP contribution in [-0.2, 0) is 20.8 Å². The van der Waals surface area contributed by atoms with Gasteiger partial charge in [-0.2, -0.15) is 0 Å². The molecular formula is C18H27N5O4. The number of aryl methyl sites for hydroxylation is 1. The van der Waals surface area contributed by atoms with Gasteiger partial charge in [0.15, 0.2) is 0 Å². The number of carbonyl (C=O) groups is 3. The van der Waals surface area contributed by atoms with Crippen molar-refractivity contribution in [2.24, 2.45) is 5.73 Å².